The van der Waals surface area contributed by atoms with E-state index in [1.165, 1.54) is 12.8 Å². The van der Waals surface area contributed by atoms with Crippen LogP contribution in [0.5, 0.6) is 0 Å². The number of hydrogen-bond donors (Lipinski definition) is 2. The van der Waals surface area contributed by atoms with Gasteiger partial charge in [-0.25, -0.2) is 0 Å². The van der Waals surface area contributed by atoms with Gasteiger partial charge in [0.05, 0.1) is 6.61 Å². The number of rotatable bonds is 6. The molecule has 0 amide bonds. The van der Waals surface area contributed by atoms with E-state index in [1.54, 1.807) is 0 Å². The number of aliphatic hydroxyl groups excluding tert-OH is 1. The Bertz CT molecular complexity index is 116. The van der Waals surface area contributed by atoms with Gasteiger partial charge < -0.3 is 10.4 Å². The van der Waals surface area contributed by atoms with E-state index in [0.29, 0.717) is 0 Å². The number of nitrogens with one attached hydrogen (secondary N) is 1. The van der Waals surface area contributed by atoms with Crippen molar-refractivity contribution in [2.45, 2.75) is 58.5 Å². The second-order valence-electron chi connectivity index (χ2n) is 3.89. The van der Waals surface area contributed by atoms with E-state index in [4.69, 9.17) is 5.11 Å². The first-order valence-corrected chi connectivity index (χ1v) is 4.96. The molecular weight excluding hydrogens is 150 g/mol. The Kier molecular flexibility index (Phi) is 5.51. The minimum absolute atomic E-state index is 0.205. The van der Waals surface area contributed by atoms with Crippen molar-refractivity contribution in [2.75, 3.05) is 6.61 Å². The summed E-state index contributed by atoms with van der Waals surface area (Å²) in [6, 6.07) is 0.210. The summed E-state index contributed by atoms with van der Waals surface area (Å²) in [6.45, 7) is 8.84. The van der Waals surface area contributed by atoms with E-state index in [-0.39, 0.29) is 18.2 Å². The predicted octanol–water partition coefficient (Wildman–Crippen LogP) is 1.93. The Balaban J connectivity index is 3.94. The van der Waals surface area contributed by atoms with Crippen molar-refractivity contribution in [1.82, 2.24) is 5.32 Å². The van der Waals surface area contributed by atoms with Crippen LogP contribution in [0.2, 0.25) is 0 Å². The molecule has 0 saturated carbocycles. The minimum atomic E-state index is 0.205. The van der Waals surface area contributed by atoms with Gasteiger partial charge in [0.1, 0.15) is 0 Å². The Hall–Kier alpha value is -0.0800. The van der Waals surface area contributed by atoms with Crippen molar-refractivity contribution in [3.63, 3.8) is 0 Å². The standard InChI is InChI=1S/C10H23NO/c1-5-7-10(4,6-2)11-9(3)8-12/h9,11-12H,5-8H2,1-4H3/t9-,10?/m0/s1. The van der Waals surface area contributed by atoms with Gasteiger partial charge in [0.2, 0.25) is 0 Å². The molecule has 0 saturated heterocycles. The molecule has 0 aromatic heterocycles. The highest BCUT2D eigenvalue weighted by atomic mass is 16.3. The highest BCUT2D eigenvalue weighted by Gasteiger charge is 2.21. The highest BCUT2D eigenvalue weighted by Crippen LogP contribution is 2.16. The van der Waals surface area contributed by atoms with Gasteiger partial charge in [-0.05, 0) is 26.7 Å². The molecule has 0 radical (unpaired) electrons. The van der Waals surface area contributed by atoms with Gasteiger partial charge in [-0.15, -0.1) is 0 Å². The summed E-state index contributed by atoms with van der Waals surface area (Å²) in [5.41, 5.74) is 0.205. The van der Waals surface area contributed by atoms with Crippen LogP contribution in [0.25, 0.3) is 0 Å². The molecule has 0 aliphatic carbocycles. The van der Waals surface area contributed by atoms with Crippen LogP contribution >= 0.6 is 0 Å². The van der Waals surface area contributed by atoms with Gasteiger partial charge in [-0.1, -0.05) is 20.3 Å². The molecule has 0 aromatic carbocycles. The summed E-state index contributed by atoms with van der Waals surface area (Å²) in [7, 11) is 0. The van der Waals surface area contributed by atoms with Crippen molar-refractivity contribution in [1.29, 1.82) is 0 Å². The zero-order valence-corrected chi connectivity index (χ0v) is 8.85. The predicted molar refractivity (Wildman–Crippen MR) is 53.3 cm³/mol. The summed E-state index contributed by atoms with van der Waals surface area (Å²) in [4.78, 5) is 0. The average Bonchev–Trinajstić information content (AvgIpc) is 2.05. The normalized spacial score (nSPS) is 18.8. The first kappa shape index (κ1) is 11.9. The molecule has 2 atom stereocenters. The smallest absolute Gasteiger partial charge is 0.0582 e. The number of aliphatic hydroxyl groups is 1. The third kappa shape index (κ3) is 4.07. The lowest BCUT2D eigenvalue weighted by atomic mass is 9.92. The summed E-state index contributed by atoms with van der Waals surface area (Å²) in [5.74, 6) is 0. The van der Waals surface area contributed by atoms with Crippen molar-refractivity contribution in [2.24, 2.45) is 0 Å². The van der Waals surface area contributed by atoms with E-state index in [2.05, 4.69) is 26.1 Å². The molecule has 1 unspecified atom stereocenters. The quantitative estimate of drug-likeness (QED) is 0.643. The molecule has 12 heavy (non-hydrogen) atoms. The molecule has 2 heteroatoms. The van der Waals surface area contributed by atoms with Crippen molar-refractivity contribution < 1.29 is 5.11 Å². The van der Waals surface area contributed by atoms with Crippen LogP contribution in [0.3, 0.4) is 0 Å². The topological polar surface area (TPSA) is 32.3 Å². The maximum atomic E-state index is 8.90. The zero-order chi connectivity index (χ0) is 9.61. The van der Waals surface area contributed by atoms with Crippen LogP contribution in [-0.4, -0.2) is 23.3 Å². The second-order valence-corrected chi connectivity index (χ2v) is 3.89. The average molecular weight is 173 g/mol. The van der Waals surface area contributed by atoms with Crippen molar-refractivity contribution in [3.05, 3.63) is 0 Å². The fourth-order valence-electron chi connectivity index (χ4n) is 1.54. The fourth-order valence-corrected chi connectivity index (χ4v) is 1.54. The third-order valence-electron chi connectivity index (χ3n) is 2.45. The maximum Gasteiger partial charge on any atom is 0.0582 e. The first-order valence-electron chi connectivity index (χ1n) is 4.96. The van der Waals surface area contributed by atoms with Crippen LogP contribution in [0.4, 0.5) is 0 Å². The Morgan fingerprint density at radius 1 is 1.42 bits per heavy atom. The van der Waals surface area contributed by atoms with Gasteiger partial charge in [-0.2, -0.15) is 0 Å². The maximum absolute atomic E-state index is 8.90. The van der Waals surface area contributed by atoms with E-state index in [0.717, 1.165) is 6.42 Å². The van der Waals surface area contributed by atoms with E-state index < -0.39 is 0 Å². The molecule has 0 aliphatic rings. The zero-order valence-electron chi connectivity index (χ0n) is 8.85. The van der Waals surface area contributed by atoms with E-state index >= 15 is 0 Å². The van der Waals surface area contributed by atoms with Crippen molar-refractivity contribution >= 4 is 0 Å². The van der Waals surface area contributed by atoms with Crippen molar-refractivity contribution in [3.8, 4) is 0 Å². The molecular formula is C10H23NO. The SMILES string of the molecule is CCCC(C)(CC)N[C@@H](C)CO. The molecule has 0 spiro atoms. The largest absolute Gasteiger partial charge is 0.395 e. The Morgan fingerprint density at radius 3 is 2.33 bits per heavy atom. The molecule has 0 heterocycles. The summed E-state index contributed by atoms with van der Waals surface area (Å²) in [5, 5.41) is 12.3. The molecule has 0 aromatic rings. The van der Waals surface area contributed by atoms with Crippen LogP contribution in [0.1, 0.15) is 47.0 Å². The second kappa shape index (κ2) is 5.55. The van der Waals surface area contributed by atoms with Crippen LogP contribution in [0.15, 0.2) is 0 Å². The highest BCUT2D eigenvalue weighted by molar-refractivity contribution is 4.83. The van der Waals surface area contributed by atoms with Crippen LogP contribution in [0, 0.1) is 0 Å². The molecule has 0 bridgehead atoms. The van der Waals surface area contributed by atoms with Gasteiger partial charge in [0.15, 0.2) is 0 Å². The van der Waals surface area contributed by atoms with Gasteiger partial charge >= 0.3 is 0 Å². The lowest BCUT2D eigenvalue weighted by molar-refractivity contribution is 0.202. The molecule has 0 fully saturated rings. The Morgan fingerprint density at radius 2 is 2.00 bits per heavy atom. The summed E-state index contributed by atoms with van der Waals surface area (Å²) in [6.07, 6.45) is 3.48. The van der Waals surface area contributed by atoms with E-state index in [9.17, 15) is 0 Å². The van der Waals surface area contributed by atoms with E-state index in [1.807, 2.05) is 6.92 Å². The van der Waals surface area contributed by atoms with Gasteiger partial charge in [0.25, 0.3) is 0 Å². The molecule has 2 N–H and O–H groups in total. The molecule has 74 valence electrons. The lowest BCUT2D eigenvalue weighted by Gasteiger charge is -2.32. The summed E-state index contributed by atoms with van der Waals surface area (Å²) >= 11 is 0. The monoisotopic (exact) mass is 173 g/mol. The van der Waals surface area contributed by atoms with Gasteiger partial charge in [-0.3, -0.25) is 0 Å². The lowest BCUT2D eigenvalue weighted by Crippen LogP contribution is -2.47. The third-order valence-corrected chi connectivity index (χ3v) is 2.45. The molecule has 0 aliphatic heterocycles. The molecule has 0 rings (SSSR count). The fraction of sp³-hybridized carbons (Fsp3) is 1.00. The number of hydrogen-bond acceptors (Lipinski definition) is 2. The van der Waals surface area contributed by atoms with Crippen LogP contribution < -0.4 is 5.32 Å². The van der Waals surface area contributed by atoms with Gasteiger partial charge in [0, 0.05) is 11.6 Å². The Labute approximate surface area is 76.4 Å². The first-order chi connectivity index (χ1) is 5.58. The summed E-state index contributed by atoms with van der Waals surface area (Å²) < 4.78 is 0. The minimum Gasteiger partial charge on any atom is -0.395 e. The molecule has 2 nitrogen and oxygen atoms in total. The van der Waals surface area contributed by atoms with Crippen LogP contribution in [-0.2, 0) is 0 Å².